The van der Waals surface area contributed by atoms with Crippen LogP contribution in [0.1, 0.15) is 25.8 Å². The molecule has 0 heterocycles. The number of hydrogen-bond acceptors (Lipinski definition) is 6. The van der Waals surface area contributed by atoms with Crippen LogP contribution in [0.3, 0.4) is 0 Å². The molecule has 0 saturated carbocycles. The van der Waals surface area contributed by atoms with E-state index in [-0.39, 0.29) is 25.1 Å². The van der Waals surface area contributed by atoms with E-state index in [0.717, 1.165) is 12.1 Å². The second kappa shape index (κ2) is 10.2. The molecule has 0 saturated heterocycles. The maximum absolute atomic E-state index is 12.2. The van der Waals surface area contributed by atoms with Gasteiger partial charge in [-0.15, -0.1) is 13.2 Å². The quantitative estimate of drug-likeness (QED) is 0.412. The Hall–Kier alpha value is -2.66. The average molecular weight is 420 g/mol. The van der Waals surface area contributed by atoms with Crippen molar-refractivity contribution in [2.75, 3.05) is 13.2 Å². The topological polar surface area (TPSA) is 125 Å². The number of ether oxygens (including phenoxy) is 1. The third-order valence-corrected chi connectivity index (χ3v) is 3.89. The van der Waals surface area contributed by atoms with Crippen LogP contribution in [0.15, 0.2) is 24.3 Å². The van der Waals surface area contributed by atoms with E-state index in [2.05, 4.69) is 15.4 Å². The summed E-state index contributed by atoms with van der Waals surface area (Å²) in [5.74, 6) is -3.08. The molecule has 0 aliphatic heterocycles. The molecule has 0 aromatic heterocycles. The van der Waals surface area contributed by atoms with Crippen molar-refractivity contribution in [3.8, 4) is 5.75 Å². The van der Waals surface area contributed by atoms with Gasteiger partial charge in [-0.1, -0.05) is 26.0 Å². The van der Waals surface area contributed by atoms with E-state index in [1.165, 1.54) is 26.0 Å². The van der Waals surface area contributed by atoms with Crippen LogP contribution in [0.4, 0.5) is 13.2 Å². The fourth-order valence-electron chi connectivity index (χ4n) is 2.08. The molecule has 0 spiro atoms. The van der Waals surface area contributed by atoms with Gasteiger partial charge in [-0.3, -0.25) is 14.4 Å². The van der Waals surface area contributed by atoms with Crippen LogP contribution >= 0.6 is 0 Å². The summed E-state index contributed by atoms with van der Waals surface area (Å²) in [6.45, 7) is 2.11. The predicted molar refractivity (Wildman–Crippen MR) is 94.5 cm³/mol. The molecule has 4 N–H and O–H groups in total. The number of hydrogen-bond donors (Lipinski definition) is 4. The lowest BCUT2D eigenvalue weighted by Crippen LogP contribution is -2.46. The molecule has 1 unspecified atom stereocenters. The molecule has 0 radical (unpaired) electrons. The molecule has 1 aromatic carbocycles. The third kappa shape index (κ3) is 8.48. The van der Waals surface area contributed by atoms with E-state index in [1.807, 2.05) is 0 Å². The third-order valence-electron chi connectivity index (χ3n) is 3.89. The average Bonchev–Trinajstić information content (AvgIpc) is 2.64. The standard InChI is InChI=1S/C18H23F3N2O6/c1-17(2,10-24)14(26)16(28)22-7-6-13(25)15(27)23-9-11-4-3-5-12(8-11)29-18(19,20)21/h3-5,8,14,24,26H,6-7,9-10H2,1-2H3,(H,22,28)(H,23,27). The van der Waals surface area contributed by atoms with Crippen molar-refractivity contribution < 1.29 is 42.5 Å². The molecule has 162 valence electrons. The minimum absolute atomic E-state index is 0.199. The van der Waals surface area contributed by atoms with Crippen molar-refractivity contribution in [1.29, 1.82) is 0 Å². The molecule has 0 aliphatic rings. The van der Waals surface area contributed by atoms with Crippen LogP contribution in [0.25, 0.3) is 0 Å². The smallest absolute Gasteiger partial charge is 0.406 e. The van der Waals surface area contributed by atoms with Gasteiger partial charge in [0.05, 0.1) is 6.61 Å². The molecule has 0 bridgehead atoms. The number of aliphatic hydroxyl groups is 2. The minimum Gasteiger partial charge on any atom is -0.406 e. The van der Waals surface area contributed by atoms with Gasteiger partial charge < -0.3 is 25.6 Å². The highest BCUT2D eigenvalue weighted by molar-refractivity contribution is 6.36. The highest BCUT2D eigenvalue weighted by Crippen LogP contribution is 2.23. The van der Waals surface area contributed by atoms with Crippen molar-refractivity contribution in [3.05, 3.63) is 29.8 Å². The first-order valence-corrected chi connectivity index (χ1v) is 8.58. The number of carbonyl (C=O) groups excluding carboxylic acids is 3. The molecule has 0 aliphatic carbocycles. The van der Waals surface area contributed by atoms with Crippen LogP contribution in [0.2, 0.25) is 0 Å². The van der Waals surface area contributed by atoms with Gasteiger partial charge >= 0.3 is 6.36 Å². The molecule has 0 fully saturated rings. The molecule has 11 heteroatoms. The Kier molecular flexibility index (Phi) is 8.59. The van der Waals surface area contributed by atoms with E-state index >= 15 is 0 Å². The summed E-state index contributed by atoms with van der Waals surface area (Å²) >= 11 is 0. The Labute approximate surface area is 165 Å². The van der Waals surface area contributed by atoms with Crippen molar-refractivity contribution in [2.45, 2.75) is 39.3 Å². The lowest BCUT2D eigenvalue weighted by atomic mass is 9.87. The van der Waals surface area contributed by atoms with E-state index in [0.29, 0.717) is 0 Å². The number of rotatable bonds is 10. The summed E-state index contributed by atoms with van der Waals surface area (Å²) in [4.78, 5) is 35.3. The monoisotopic (exact) mass is 420 g/mol. The van der Waals surface area contributed by atoms with Crippen molar-refractivity contribution in [2.24, 2.45) is 5.41 Å². The summed E-state index contributed by atoms with van der Waals surface area (Å²) in [5.41, 5.74) is -0.786. The second-order valence-electron chi connectivity index (χ2n) is 6.89. The lowest BCUT2D eigenvalue weighted by molar-refractivity contribution is -0.274. The van der Waals surface area contributed by atoms with E-state index in [4.69, 9.17) is 5.11 Å². The van der Waals surface area contributed by atoms with Gasteiger partial charge in [-0.25, -0.2) is 0 Å². The van der Waals surface area contributed by atoms with Gasteiger partial charge in [0.2, 0.25) is 11.7 Å². The van der Waals surface area contributed by atoms with Gasteiger partial charge in [0.25, 0.3) is 5.91 Å². The van der Waals surface area contributed by atoms with Crippen molar-refractivity contribution in [3.63, 3.8) is 0 Å². The van der Waals surface area contributed by atoms with Gasteiger partial charge in [0.1, 0.15) is 11.9 Å². The number of amides is 2. The number of nitrogens with one attached hydrogen (secondary N) is 2. The van der Waals surface area contributed by atoms with E-state index < -0.39 is 47.8 Å². The first-order chi connectivity index (χ1) is 13.4. The first-order valence-electron chi connectivity index (χ1n) is 8.58. The van der Waals surface area contributed by atoms with Crippen LogP contribution < -0.4 is 15.4 Å². The summed E-state index contributed by atoms with van der Waals surface area (Å²) in [6.07, 6.45) is -6.69. The molecule has 1 atom stereocenters. The van der Waals surface area contributed by atoms with Crippen LogP contribution in [0.5, 0.6) is 5.75 Å². The number of halogens is 3. The van der Waals surface area contributed by atoms with Gasteiger partial charge in [0.15, 0.2) is 0 Å². The van der Waals surface area contributed by atoms with Crippen LogP contribution in [-0.4, -0.2) is 53.4 Å². The molecule has 29 heavy (non-hydrogen) atoms. The van der Waals surface area contributed by atoms with E-state index in [1.54, 1.807) is 0 Å². The van der Waals surface area contributed by atoms with Gasteiger partial charge in [-0.2, -0.15) is 0 Å². The normalized spacial score (nSPS) is 12.8. The number of alkyl halides is 3. The van der Waals surface area contributed by atoms with Gasteiger partial charge in [0, 0.05) is 24.9 Å². The van der Waals surface area contributed by atoms with Crippen molar-refractivity contribution >= 4 is 17.6 Å². The number of ketones is 1. The Morgan fingerprint density at radius 1 is 1.17 bits per heavy atom. The molecule has 8 nitrogen and oxygen atoms in total. The Morgan fingerprint density at radius 2 is 1.83 bits per heavy atom. The molecule has 1 aromatic rings. The highest BCUT2D eigenvalue weighted by atomic mass is 19.4. The van der Waals surface area contributed by atoms with Gasteiger partial charge in [-0.05, 0) is 17.7 Å². The van der Waals surface area contributed by atoms with E-state index in [9.17, 15) is 32.7 Å². The fraction of sp³-hybridized carbons (Fsp3) is 0.500. The van der Waals surface area contributed by atoms with Crippen molar-refractivity contribution in [1.82, 2.24) is 10.6 Å². The lowest BCUT2D eigenvalue weighted by Gasteiger charge is -2.27. The van der Waals surface area contributed by atoms with Crippen LogP contribution in [0, 0.1) is 5.41 Å². The fourth-order valence-corrected chi connectivity index (χ4v) is 2.08. The maximum Gasteiger partial charge on any atom is 0.573 e. The zero-order chi connectivity index (χ0) is 22.2. The zero-order valence-electron chi connectivity index (χ0n) is 15.9. The first kappa shape index (κ1) is 24.4. The molecular weight excluding hydrogens is 397 g/mol. The largest absolute Gasteiger partial charge is 0.573 e. The summed E-state index contributed by atoms with van der Waals surface area (Å²) in [6, 6.07) is 4.92. The molecule has 2 amide bonds. The molecule has 1 rings (SSSR count). The Bertz CT molecular complexity index is 737. The zero-order valence-corrected chi connectivity index (χ0v) is 15.9. The number of aliphatic hydroxyl groups excluding tert-OH is 2. The second-order valence-corrected chi connectivity index (χ2v) is 6.89. The highest BCUT2D eigenvalue weighted by Gasteiger charge is 2.33. The number of benzene rings is 1. The SMILES string of the molecule is CC(C)(CO)C(O)C(=O)NCCC(=O)C(=O)NCc1cccc(OC(F)(F)F)c1. The predicted octanol–water partition coefficient (Wildman–Crippen LogP) is 0.656. The summed E-state index contributed by atoms with van der Waals surface area (Å²) in [7, 11) is 0. The summed E-state index contributed by atoms with van der Waals surface area (Å²) < 4.78 is 40.4. The van der Waals surface area contributed by atoms with Crippen LogP contribution in [-0.2, 0) is 20.9 Å². The minimum atomic E-state index is -4.85. The number of carbonyl (C=O) groups is 3. The maximum atomic E-state index is 12.2. The molecular formula is C18H23F3N2O6. The number of Topliss-reactive ketones (excluding diaryl/α,β-unsaturated/α-hetero) is 1. The Morgan fingerprint density at radius 3 is 2.41 bits per heavy atom. The summed E-state index contributed by atoms with van der Waals surface area (Å²) in [5, 5.41) is 23.5. The Balaban J connectivity index is 2.45.